The highest BCUT2D eigenvalue weighted by atomic mass is 35.5. The molecule has 3 aromatic rings. The zero-order valence-electron chi connectivity index (χ0n) is 9.81. The number of fused-ring (bicyclic) bond motifs is 3. The summed E-state index contributed by atoms with van der Waals surface area (Å²) in [6, 6.07) is 8.53. The molecule has 0 atom stereocenters. The lowest BCUT2D eigenvalue weighted by Crippen LogP contribution is -1.95. The maximum atomic E-state index is 6.23. The van der Waals surface area contributed by atoms with E-state index in [1.807, 2.05) is 18.2 Å². The van der Waals surface area contributed by atoms with Crippen LogP contribution in [0.3, 0.4) is 0 Å². The summed E-state index contributed by atoms with van der Waals surface area (Å²) in [5.74, 6) is 0. The van der Waals surface area contributed by atoms with E-state index in [1.54, 1.807) is 0 Å². The van der Waals surface area contributed by atoms with Crippen molar-refractivity contribution in [3.05, 3.63) is 41.8 Å². The number of pyridine rings is 1. The molecule has 0 saturated heterocycles. The van der Waals surface area contributed by atoms with E-state index >= 15 is 0 Å². The fraction of sp³-hybridized carbons (Fsp3) is 0.214. The molecule has 86 valence electrons. The van der Waals surface area contributed by atoms with Crippen LogP contribution in [0.15, 0.2) is 36.7 Å². The first-order chi connectivity index (χ1) is 8.16. The van der Waals surface area contributed by atoms with Crippen molar-refractivity contribution < 1.29 is 0 Å². The SMILES string of the molecule is CC(C)n1cc2c(Cl)nc3ccccc3c2c1. The predicted molar refractivity (Wildman–Crippen MR) is 72.6 cm³/mol. The minimum Gasteiger partial charge on any atom is -0.350 e. The van der Waals surface area contributed by atoms with Gasteiger partial charge in [0.15, 0.2) is 0 Å². The van der Waals surface area contributed by atoms with Crippen LogP contribution in [-0.4, -0.2) is 9.55 Å². The van der Waals surface area contributed by atoms with Gasteiger partial charge < -0.3 is 4.57 Å². The van der Waals surface area contributed by atoms with Gasteiger partial charge in [-0.2, -0.15) is 0 Å². The Morgan fingerprint density at radius 1 is 1.06 bits per heavy atom. The van der Waals surface area contributed by atoms with E-state index in [1.165, 1.54) is 5.39 Å². The number of para-hydroxylation sites is 1. The fourth-order valence-electron chi connectivity index (χ4n) is 2.12. The Kier molecular flexibility index (Phi) is 2.33. The van der Waals surface area contributed by atoms with Gasteiger partial charge in [0.1, 0.15) is 5.15 Å². The van der Waals surface area contributed by atoms with Gasteiger partial charge in [-0.25, -0.2) is 4.98 Å². The molecule has 17 heavy (non-hydrogen) atoms. The van der Waals surface area contributed by atoms with Crippen LogP contribution in [0.1, 0.15) is 19.9 Å². The maximum absolute atomic E-state index is 6.23. The summed E-state index contributed by atoms with van der Waals surface area (Å²) >= 11 is 6.23. The molecule has 0 aliphatic rings. The van der Waals surface area contributed by atoms with Crippen molar-refractivity contribution >= 4 is 33.3 Å². The number of halogens is 1. The Balaban J connectivity index is 2.47. The summed E-state index contributed by atoms with van der Waals surface area (Å²) in [5.41, 5.74) is 0.950. The summed E-state index contributed by atoms with van der Waals surface area (Å²) in [4.78, 5) is 4.43. The Bertz CT molecular complexity index is 698. The van der Waals surface area contributed by atoms with Crippen LogP contribution in [0.4, 0.5) is 0 Å². The molecular weight excluding hydrogens is 232 g/mol. The number of nitrogens with zero attached hydrogens (tertiary/aromatic N) is 2. The van der Waals surface area contributed by atoms with Crippen molar-refractivity contribution in [2.45, 2.75) is 19.9 Å². The maximum Gasteiger partial charge on any atom is 0.139 e. The van der Waals surface area contributed by atoms with Crippen LogP contribution in [0.2, 0.25) is 5.15 Å². The van der Waals surface area contributed by atoms with Crippen molar-refractivity contribution in [2.24, 2.45) is 0 Å². The second-order valence-electron chi connectivity index (χ2n) is 4.55. The highest BCUT2D eigenvalue weighted by molar-refractivity contribution is 6.35. The van der Waals surface area contributed by atoms with E-state index in [0.717, 1.165) is 16.3 Å². The summed E-state index contributed by atoms with van der Waals surface area (Å²) in [5, 5.41) is 3.94. The molecule has 0 N–H and O–H groups in total. The molecule has 2 aromatic heterocycles. The Hall–Kier alpha value is -1.54. The molecule has 0 aliphatic heterocycles. The molecule has 0 unspecified atom stereocenters. The molecule has 0 bridgehead atoms. The van der Waals surface area contributed by atoms with Gasteiger partial charge in [0.2, 0.25) is 0 Å². The van der Waals surface area contributed by atoms with Gasteiger partial charge in [-0.15, -0.1) is 0 Å². The van der Waals surface area contributed by atoms with E-state index < -0.39 is 0 Å². The second-order valence-corrected chi connectivity index (χ2v) is 4.90. The molecule has 0 spiro atoms. The van der Waals surface area contributed by atoms with Crippen molar-refractivity contribution in [3.63, 3.8) is 0 Å². The molecule has 0 aliphatic carbocycles. The largest absolute Gasteiger partial charge is 0.350 e. The van der Waals surface area contributed by atoms with Crippen LogP contribution in [0.5, 0.6) is 0 Å². The molecule has 0 saturated carbocycles. The molecule has 3 rings (SSSR count). The third-order valence-corrected chi connectivity index (χ3v) is 3.37. The van der Waals surface area contributed by atoms with E-state index in [4.69, 9.17) is 11.6 Å². The number of benzene rings is 1. The number of aromatic nitrogens is 2. The highest BCUT2D eigenvalue weighted by Crippen LogP contribution is 2.30. The van der Waals surface area contributed by atoms with Gasteiger partial charge in [0.05, 0.1) is 5.52 Å². The normalized spacial score (nSPS) is 11.8. The van der Waals surface area contributed by atoms with Gasteiger partial charge in [-0.1, -0.05) is 29.8 Å². The van der Waals surface area contributed by atoms with Crippen molar-refractivity contribution in [2.75, 3.05) is 0 Å². The quantitative estimate of drug-likeness (QED) is 0.580. The van der Waals surface area contributed by atoms with Gasteiger partial charge in [0.25, 0.3) is 0 Å². The fourth-order valence-corrected chi connectivity index (χ4v) is 2.36. The average Bonchev–Trinajstić information content (AvgIpc) is 2.75. The van der Waals surface area contributed by atoms with Crippen LogP contribution < -0.4 is 0 Å². The van der Waals surface area contributed by atoms with Crippen LogP contribution >= 0.6 is 11.6 Å². The molecule has 0 radical (unpaired) electrons. The first kappa shape index (κ1) is 10.6. The zero-order valence-corrected chi connectivity index (χ0v) is 10.6. The second kappa shape index (κ2) is 3.74. The van der Waals surface area contributed by atoms with Gasteiger partial charge in [-0.05, 0) is 19.9 Å². The van der Waals surface area contributed by atoms with Crippen molar-refractivity contribution in [3.8, 4) is 0 Å². The monoisotopic (exact) mass is 244 g/mol. The lowest BCUT2D eigenvalue weighted by Gasteiger charge is -2.04. The first-order valence-electron chi connectivity index (χ1n) is 5.72. The number of hydrogen-bond donors (Lipinski definition) is 0. The standard InChI is InChI=1S/C14H13ClN2/c1-9(2)17-7-11-10-5-3-4-6-13(10)16-14(15)12(11)8-17/h3-9H,1-2H3. The molecule has 2 heterocycles. The van der Waals surface area contributed by atoms with E-state index in [0.29, 0.717) is 11.2 Å². The molecule has 0 fully saturated rings. The van der Waals surface area contributed by atoms with Gasteiger partial charge in [0, 0.05) is 34.6 Å². The zero-order chi connectivity index (χ0) is 12.0. The lowest BCUT2D eigenvalue weighted by molar-refractivity contribution is 0.606. The molecule has 1 aromatic carbocycles. The van der Waals surface area contributed by atoms with Crippen LogP contribution in [0.25, 0.3) is 21.7 Å². The average molecular weight is 245 g/mol. The topological polar surface area (TPSA) is 17.8 Å². The van der Waals surface area contributed by atoms with Gasteiger partial charge >= 0.3 is 0 Å². The molecule has 0 amide bonds. The summed E-state index contributed by atoms with van der Waals surface area (Å²) < 4.78 is 2.17. The Labute approximate surface area is 105 Å². The third-order valence-electron chi connectivity index (χ3n) is 3.08. The third kappa shape index (κ3) is 1.60. The Morgan fingerprint density at radius 2 is 1.76 bits per heavy atom. The highest BCUT2D eigenvalue weighted by Gasteiger charge is 2.10. The van der Waals surface area contributed by atoms with Crippen molar-refractivity contribution in [1.82, 2.24) is 9.55 Å². The molecule has 2 nitrogen and oxygen atoms in total. The minimum atomic E-state index is 0.428. The summed E-state index contributed by atoms with van der Waals surface area (Å²) in [7, 11) is 0. The number of hydrogen-bond acceptors (Lipinski definition) is 1. The summed E-state index contributed by atoms with van der Waals surface area (Å²) in [6.45, 7) is 4.31. The number of rotatable bonds is 1. The van der Waals surface area contributed by atoms with E-state index in [-0.39, 0.29) is 0 Å². The summed E-state index contributed by atoms with van der Waals surface area (Å²) in [6.07, 6.45) is 4.22. The van der Waals surface area contributed by atoms with Crippen LogP contribution in [-0.2, 0) is 0 Å². The van der Waals surface area contributed by atoms with E-state index in [2.05, 4.69) is 41.9 Å². The van der Waals surface area contributed by atoms with Gasteiger partial charge in [-0.3, -0.25) is 0 Å². The minimum absolute atomic E-state index is 0.428. The Morgan fingerprint density at radius 3 is 2.53 bits per heavy atom. The van der Waals surface area contributed by atoms with E-state index in [9.17, 15) is 0 Å². The lowest BCUT2D eigenvalue weighted by atomic mass is 10.1. The molecule has 3 heteroatoms. The molecular formula is C14H13ClN2. The van der Waals surface area contributed by atoms with Crippen molar-refractivity contribution in [1.29, 1.82) is 0 Å². The van der Waals surface area contributed by atoms with Crippen LogP contribution in [0, 0.1) is 0 Å². The smallest absolute Gasteiger partial charge is 0.139 e. The predicted octanol–water partition coefficient (Wildman–Crippen LogP) is 4.42. The first-order valence-corrected chi connectivity index (χ1v) is 6.10.